The number of aliphatic imine (C=N–C) groups is 1. The van der Waals surface area contributed by atoms with Crippen LogP contribution in [0, 0.1) is 11.8 Å². The van der Waals surface area contributed by atoms with Gasteiger partial charge in [0.1, 0.15) is 0 Å². The Hall–Kier alpha value is -0.880. The molecule has 0 aromatic rings. The van der Waals surface area contributed by atoms with E-state index in [1.807, 2.05) is 0 Å². The zero-order chi connectivity index (χ0) is 7.90. The molecule has 0 aromatic carbocycles. The number of fused-ring (bicyclic) bond motifs is 2. The fourth-order valence-electron chi connectivity index (χ4n) is 2.32. The van der Waals surface area contributed by atoms with Crippen LogP contribution >= 0.6 is 0 Å². The summed E-state index contributed by atoms with van der Waals surface area (Å²) in [6.45, 7) is 2.16. The Morgan fingerprint density at radius 3 is 3.00 bits per heavy atom. The van der Waals surface area contributed by atoms with Gasteiger partial charge < -0.3 is 0 Å². The minimum atomic E-state index is -0.160. The van der Waals surface area contributed by atoms with Crippen molar-refractivity contribution in [3.63, 3.8) is 0 Å². The number of isocyanates is 1. The van der Waals surface area contributed by atoms with Crippen LogP contribution in [0.4, 0.5) is 0 Å². The molecule has 0 heterocycles. The number of hydrogen-bond donors (Lipinski definition) is 0. The summed E-state index contributed by atoms with van der Waals surface area (Å²) in [6.07, 6.45) is 8.16. The molecule has 0 spiro atoms. The van der Waals surface area contributed by atoms with Crippen LogP contribution in [0.2, 0.25) is 0 Å². The molecule has 58 valence electrons. The summed E-state index contributed by atoms with van der Waals surface area (Å²) in [6, 6.07) is 0. The predicted molar refractivity (Wildman–Crippen MR) is 41.9 cm³/mol. The normalized spacial score (nSPS) is 45.9. The van der Waals surface area contributed by atoms with E-state index in [0.717, 1.165) is 6.42 Å². The second kappa shape index (κ2) is 2.05. The molecular formula is C9H11NO. The molecule has 3 atom stereocenters. The smallest absolute Gasteiger partial charge is 0.211 e. The number of hydrogen-bond acceptors (Lipinski definition) is 2. The van der Waals surface area contributed by atoms with Crippen LogP contribution in [-0.4, -0.2) is 11.6 Å². The Labute approximate surface area is 66.0 Å². The van der Waals surface area contributed by atoms with Gasteiger partial charge in [0, 0.05) is 0 Å². The summed E-state index contributed by atoms with van der Waals surface area (Å²) >= 11 is 0. The van der Waals surface area contributed by atoms with Crippen molar-refractivity contribution in [2.45, 2.75) is 25.3 Å². The first-order valence-electron chi connectivity index (χ1n) is 4.05. The highest BCUT2D eigenvalue weighted by Gasteiger charge is 2.46. The quantitative estimate of drug-likeness (QED) is 0.317. The molecule has 2 nitrogen and oxygen atoms in total. The van der Waals surface area contributed by atoms with E-state index >= 15 is 0 Å². The van der Waals surface area contributed by atoms with Crippen LogP contribution < -0.4 is 0 Å². The Morgan fingerprint density at radius 2 is 2.55 bits per heavy atom. The highest BCUT2D eigenvalue weighted by atomic mass is 16.1. The Kier molecular flexibility index (Phi) is 1.27. The second-order valence-corrected chi connectivity index (χ2v) is 3.65. The molecule has 3 unspecified atom stereocenters. The van der Waals surface area contributed by atoms with Crippen molar-refractivity contribution in [3.05, 3.63) is 12.2 Å². The molecule has 2 aliphatic carbocycles. The van der Waals surface area contributed by atoms with Gasteiger partial charge in [0.2, 0.25) is 6.08 Å². The molecule has 0 saturated heterocycles. The molecule has 2 rings (SSSR count). The zero-order valence-electron chi connectivity index (χ0n) is 6.58. The van der Waals surface area contributed by atoms with Crippen molar-refractivity contribution < 1.29 is 4.79 Å². The lowest BCUT2D eigenvalue weighted by atomic mass is 9.89. The van der Waals surface area contributed by atoms with E-state index in [4.69, 9.17) is 0 Å². The van der Waals surface area contributed by atoms with Crippen LogP contribution in [-0.2, 0) is 4.79 Å². The number of rotatable bonds is 1. The van der Waals surface area contributed by atoms with E-state index in [1.54, 1.807) is 6.08 Å². The van der Waals surface area contributed by atoms with Gasteiger partial charge in [-0.15, -0.1) is 0 Å². The molecule has 1 fully saturated rings. The van der Waals surface area contributed by atoms with Crippen molar-refractivity contribution in [2.24, 2.45) is 16.8 Å². The molecule has 0 N–H and O–H groups in total. The third-order valence-electron chi connectivity index (χ3n) is 3.01. The van der Waals surface area contributed by atoms with Gasteiger partial charge in [-0.05, 0) is 24.7 Å². The first-order valence-corrected chi connectivity index (χ1v) is 4.05. The Morgan fingerprint density at radius 1 is 1.73 bits per heavy atom. The van der Waals surface area contributed by atoms with E-state index in [1.165, 1.54) is 6.42 Å². The van der Waals surface area contributed by atoms with Gasteiger partial charge in [-0.1, -0.05) is 19.1 Å². The molecule has 2 bridgehead atoms. The highest BCUT2D eigenvalue weighted by Crippen LogP contribution is 2.48. The second-order valence-electron chi connectivity index (χ2n) is 3.65. The van der Waals surface area contributed by atoms with E-state index in [9.17, 15) is 4.79 Å². The van der Waals surface area contributed by atoms with Crippen molar-refractivity contribution in [1.82, 2.24) is 0 Å². The fourth-order valence-corrected chi connectivity index (χ4v) is 2.32. The van der Waals surface area contributed by atoms with E-state index in [-0.39, 0.29) is 5.54 Å². The molecule has 0 radical (unpaired) electrons. The van der Waals surface area contributed by atoms with Crippen LogP contribution in [0.3, 0.4) is 0 Å². The maximum absolute atomic E-state index is 10.2. The van der Waals surface area contributed by atoms with Crippen molar-refractivity contribution in [2.75, 3.05) is 0 Å². The van der Waals surface area contributed by atoms with Gasteiger partial charge in [0.15, 0.2) is 0 Å². The summed E-state index contributed by atoms with van der Waals surface area (Å²) < 4.78 is 0. The van der Waals surface area contributed by atoms with Crippen LogP contribution in [0.5, 0.6) is 0 Å². The van der Waals surface area contributed by atoms with E-state index in [0.29, 0.717) is 11.8 Å². The van der Waals surface area contributed by atoms with Gasteiger partial charge >= 0.3 is 0 Å². The number of carbonyl (C=O) groups excluding carboxylic acids is 1. The van der Waals surface area contributed by atoms with Gasteiger partial charge in [0.25, 0.3) is 0 Å². The minimum absolute atomic E-state index is 0.160. The van der Waals surface area contributed by atoms with E-state index < -0.39 is 0 Å². The van der Waals surface area contributed by atoms with Gasteiger partial charge in [-0.3, -0.25) is 0 Å². The standard InChI is InChI=1S/C9H11NO/c1-7-4-8-2-3-9(7,5-8)10-6-11/h2-3,7-8H,4-5H2,1H3. The molecule has 2 heteroatoms. The van der Waals surface area contributed by atoms with Crippen molar-refractivity contribution >= 4 is 6.08 Å². The largest absolute Gasteiger partial charge is 0.235 e. The van der Waals surface area contributed by atoms with E-state index in [2.05, 4.69) is 24.1 Å². The molecule has 0 aliphatic heterocycles. The Bertz CT molecular complexity index is 252. The lowest BCUT2D eigenvalue weighted by Crippen LogP contribution is -2.25. The average Bonchev–Trinajstić information content (AvgIpc) is 2.45. The third-order valence-corrected chi connectivity index (χ3v) is 3.01. The minimum Gasteiger partial charge on any atom is -0.211 e. The number of allylic oxidation sites excluding steroid dienone is 1. The molecule has 1 saturated carbocycles. The lowest BCUT2D eigenvalue weighted by molar-refractivity contribution is 0.417. The predicted octanol–water partition coefficient (Wildman–Crippen LogP) is 1.68. The maximum atomic E-state index is 10.2. The summed E-state index contributed by atoms with van der Waals surface area (Å²) in [4.78, 5) is 14.1. The first-order chi connectivity index (χ1) is 5.27. The molecule has 2 aliphatic rings. The monoisotopic (exact) mass is 149 g/mol. The third kappa shape index (κ3) is 0.795. The highest BCUT2D eigenvalue weighted by molar-refractivity contribution is 5.39. The van der Waals surface area contributed by atoms with Gasteiger partial charge in [-0.2, -0.15) is 4.99 Å². The van der Waals surface area contributed by atoms with Crippen LogP contribution in [0.15, 0.2) is 17.1 Å². The topological polar surface area (TPSA) is 29.4 Å². The summed E-state index contributed by atoms with van der Waals surface area (Å²) in [7, 11) is 0. The number of nitrogens with zero attached hydrogens (tertiary/aromatic N) is 1. The van der Waals surface area contributed by atoms with Crippen molar-refractivity contribution in [1.29, 1.82) is 0 Å². The Balaban J connectivity index is 2.37. The SMILES string of the molecule is CC1CC2C=CC1(N=C=O)C2. The molecule has 0 aromatic heterocycles. The molecular weight excluding hydrogens is 138 g/mol. The average molecular weight is 149 g/mol. The zero-order valence-corrected chi connectivity index (χ0v) is 6.58. The van der Waals surface area contributed by atoms with Crippen molar-refractivity contribution in [3.8, 4) is 0 Å². The van der Waals surface area contributed by atoms with Gasteiger partial charge in [0.05, 0.1) is 5.54 Å². The maximum Gasteiger partial charge on any atom is 0.235 e. The summed E-state index contributed by atoms with van der Waals surface area (Å²) in [5.41, 5.74) is -0.160. The summed E-state index contributed by atoms with van der Waals surface area (Å²) in [5.74, 6) is 1.20. The first kappa shape index (κ1) is 6.81. The lowest BCUT2D eigenvalue weighted by Gasteiger charge is -2.22. The van der Waals surface area contributed by atoms with Crippen LogP contribution in [0.25, 0.3) is 0 Å². The summed E-state index contributed by atoms with van der Waals surface area (Å²) in [5, 5.41) is 0. The van der Waals surface area contributed by atoms with Gasteiger partial charge in [-0.25, -0.2) is 4.79 Å². The molecule has 0 amide bonds. The van der Waals surface area contributed by atoms with Crippen LogP contribution in [0.1, 0.15) is 19.8 Å². The fraction of sp³-hybridized carbons (Fsp3) is 0.667. The molecule has 11 heavy (non-hydrogen) atoms.